The molecular formula is C17H14N4O3S2. The molecule has 1 unspecified atom stereocenters. The van der Waals surface area contributed by atoms with Gasteiger partial charge in [-0.1, -0.05) is 12.1 Å². The molecule has 0 aliphatic carbocycles. The number of imidazole rings is 1. The van der Waals surface area contributed by atoms with Crippen LogP contribution in [0.4, 0.5) is 0 Å². The van der Waals surface area contributed by atoms with Crippen LogP contribution in [0.2, 0.25) is 0 Å². The van der Waals surface area contributed by atoms with Crippen molar-refractivity contribution in [3.05, 3.63) is 47.9 Å². The van der Waals surface area contributed by atoms with Gasteiger partial charge in [0.1, 0.15) is 5.52 Å². The lowest BCUT2D eigenvalue weighted by molar-refractivity contribution is 0.0582. The number of ether oxygens (including phenoxy) is 1. The van der Waals surface area contributed by atoms with Crippen molar-refractivity contribution in [2.75, 3.05) is 13.4 Å². The monoisotopic (exact) mass is 386 g/mol. The Kier molecular flexibility index (Phi) is 4.25. The zero-order valence-corrected chi connectivity index (χ0v) is 15.6. The first-order valence-electron chi connectivity index (χ1n) is 7.70. The van der Waals surface area contributed by atoms with E-state index in [-0.39, 0.29) is 5.82 Å². The van der Waals surface area contributed by atoms with Crippen LogP contribution in [0.1, 0.15) is 16.2 Å². The molecule has 7 nitrogen and oxygen atoms in total. The summed E-state index contributed by atoms with van der Waals surface area (Å²) in [7, 11) is 0.181. The lowest BCUT2D eigenvalue weighted by Crippen LogP contribution is -2.13. The molecule has 0 fully saturated rings. The smallest absolute Gasteiger partial charge is 0.374 e. The highest BCUT2D eigenvalue weighted by Crippen LogP contribution is 2.28. The zero-order chi connectivity index (χ0) is 18.3. The summed E-state index contributed by atoms with van der Waals surface area (Å²) in [6.45, 7) is 0.356. The van der Waals surface area contributed by atoms with Crippen LogP contribution in [-0.2, 0) is 22.1 Å². The Hall–Kier alpha value is -2.65. The first-order chi connectivity index (χ1) is 12.6. The van der Waals surface area contributed by atoms with E-state index in [1.165, 1.54) is 18.4 Å². The molecule has 4 aromatic rings. The van der Waals surface area contributed by atoms with Gasteiger partial charge in [-0.3, -0.25) is 8.78 Å². The molecule has 3 heterocycles. The highest BCUT2D eigenvalue weighted by atomic mass is 32.2. The largest absolute Gasteiger partial charge is 0.463 e. The Bertz CT molecular complexity index is 1170. The minimum Gasteiger partial charge on any atom is -0.463 e. The van der Waals surface area contributed by atoms with Gasteiger partial charge in [-0.25, -0.2) is 19.7 Å². The van der Waals surface area contributed by atoms with Crippen LogP contribution >= 0.6 is 11.3 Å². The van der Waals surface area contributed by atoms with Gasteiger partial charge in [0, 0.05) is 12.5 Å². The van der Waals surface area contributed by atoms with E-state index in [1.54, 1.807) is 29.2 Å². The van der Waals surface area contributed by atoms with E-state index in [0.29, 0.717) is 22.0 Å². The Morgan fingerprint density at radius 2 is 2.12 bits per heavy atom. The number of rotatable bonds is 4. The molecule has 26 heavy (non-hydrogen) atoms. The standard InChI is InChI=1S/C17H14N4O3S2/c1-24-16(22)15-19-11-6-4-8-18-14(11)21(15)9-10-5-3-7-12-13(10)20-17(25-12)26(2)23/h3-8H,9H2,1-2H3. The van der Waals surface area contributed by atoms with Crippen LogP contribution in [0.5, 0.6) is 0 Å². The molecule has 0 saturated heterocycles. The van der Waals surface area contributed by atoms with E-state index in [4.69, 9.17) is 4.74 Å². The van der Waals surface area contributed by atoms with Gasteiger partial charge >= 0.3 is 5.97 Å². The van der Waals surface area contributed by atoms with Crippen LogP contribution in [0.3, 0.4) is 0 Å². The molecule has 0 spiro atoms. The van der Waals surface area contributed by atoms with Gasteiger partial charge in [-0.15, -0.1) is 11.3 Å². The Morgan fingerprint density at radius 3 is 2.88 bits per heavy atom. The number of hydrogen-bond donors (Lipinski definition) is 0. The molecule has 0 radical (unpaired) electrons. The number of thiazole rings is 1. The summed E-state index contributed by atoms with van der Waals surface area (Å²) in [5, 5.41) is 0. The Labute approximate surface area is 155 Å². The highest BCUT2D eigenvalue weighted by Gasteiger charge is 2.20. The third-order valence-corrected chi connectivity index (χ3v) is 6.28. The fourth-order valence-electron chi connectivity index (χ4n) is 2.76. The van der Waals surface area contributed by atoms with Gasteiger partial charge < -0.3 is 4.74 Å². The van der Waals surface area contributed by atoms with Gasteiger partial charge in [0.25, 0.3) is 0 Å². The van der Waals surface area contributed by atoms with Gasteiger partial charge in [0.2, 0.25) is 5.82 Å². The molecule has 132 valence electrons. The molecule has 9 heteroatoms. The summed E-state index contributed by atoms with van der Waals surface area (Å²) >= 11 is 1.41. The van der Waals surface area contributed by atoms with Gasteiger partial charge in [-0.05, 0) is 23.8 Å². The number of methoxy groups -OCH3 is 1. The minimum atomic E-state index is -1.14. The van der Waals surface area contributed by atoms with Gasteiger partial charge in [0.05, 0.1) is 34.7 Å². The molecule has 0 amide bonds. The van der Waals surface area contributed by atoms with E-state index < -0.39 is 16.8 Å². The molecule has 0 saturated carbocycles. The quantitative estimate of drug-likeness (QED) is 0.501. The summed E-state index contributed by atoms with van der Waals surface area (Å²) in [5.74, 6) is -0.337. The average molecular weight is 386 g/mol. The zero-order valence-electron chi connectivity index (χ0n) is 14.0. The SMILES string of the molecule is COC(=O)c1nc2cccnc2n1Cc1cccc2sc(S(C)=O)nc12. The van der Waals surface area contributed by atoms with Crippen molar-refractivity contribution in [3.8, 4) is 0 Å². The lowest BCUT2D eigenvalue weighted by atomic mass is 10.2. The molecule has 1 aromatic carbocycles. The number of carbonyl (C=O) groups is 1. The van der Waals surface area contributed by atoms with Crippen molar-refractivity contribution in [3.63, 3.8) is 0 Å². The number of carbonyl (C=O) groups excluding carboxylic acids is 1. The highest BCUT2D eigenvalue weighted by molar-refractivity contribution is 7.86. The van der Waals surface area contributed by atoms with Crippen molar-refractivity contribution in [2.45, 2.75) is 10.9 Å². The van der Waals surface area contributed by atoms with Crippen LogP contribution in [0, 0.1) is 0 Å². The third-order valence-electron chi connectivity index (χ3n) is 3.93. The van der Waals surface area contributed by atoms with E-state index in [0.717, 1.165) is 15.8 Å². The topological polar surface area (TPSA) is 87.0 Å². The molecule has 1 atom stereocenters. The maximum Gasteiger partial charge on any atom is 0.374 e. The van der Waals surface area contributed by atoms with Crippen molar-refractivity contribution >= 4 is 49.5 Å². The molecule has 0 aliphatic heterocycles. The molecule has 0 N–H and O–H groups in total. The van der Waals surface area contributed by atoms with Crippen molar-refractivity contribution in [1.29, 1.82) is 0 Å². The molecule has 3 aromatic heterocycles. The second-order valence-electron chi connectivity index (χ2n) is 5.56. The van der Waals surface area contributed by atoms with Crippen molar-refractivity contribution < 1.29 is 13.7 Å². The summed E-state index contributed by atoms with van der Waals surface area (Å²) in [5.41, 5.74) is 2.88. The number of esters is 1. The maximum atomic E-state index is 12.2. The van der Waals surface area contributed by atoms with Gasteiger partial charge in [0.15, 0.2) is 9.99 Å². The third kappa shape index (κ3) is 2.78. The fourth-order valence-corrected chi connectivity index (χ4v) is 4.47. The van der Waals surface area contributed by atoms with E-state index in [9.17, 15) is 9.00 Å². The first kappa shape index (κ1) is 16.8. The van der Waals surface area contributed by atoms with Crippen LogP contribution in [0.25, 0.3) is 21.4 Å². The van der Waals surface area contributed by atoms with Crippen LogP contribution in [-0.4, -0.2) is 43.1 Å². The van der Waals surface area contributed by atoms with Crippen molar-refractivity contribution in [1.82, 2.24) is 19.5 Å². The normalized spacial score (nSPS) is 12.5. The van der Waals surface area contributed by atoms with E-state index >= 15 is 0 Å². The summed E-state index contributed by atoms with van der Waals surface area (Å²) in [4.78, 5) is 25.4. The predicted molar refractivity (Wildman–Crippen MR) is 99.9 cm³/mol. The van der Waals surface area contributed by atoms with Crippen molar-refractivity contribution in [2.24, 2.45) is 0 Å². The molecule has 0 aliphatic rings. The first-order valence-corrected chi connectivity index (χ1v) is 10.1. The fraction of sp³-hybridized carbons (Fsp3) is 0.176. The van der Waals surface area contributed by atoms with Crippen LogP contribution < -0.4 is 0 Å². The number of fused-ring (bicyclic) bond motifs is 2. The van der Waals surface area contributed by atoms with Crippen LogP contribution in [0.15, 0.2) is 40.9 Å². The number of benzene rings is 1. The lowest BCUT2D eigenvalue weighted by Gasteiger charge is -2.08. The van der Waals surface area contributed by atoms with Gasteiger partial charge in [-0.2, -0.15) is 0 Å². The number of hydrogen-bond acceptors (Lipinski definition) is 7. The maximum absolute atomic E-state index is 12.2. The predicted octanol–water partition coefficient (Wildman–Crippen LogP) is 2.61. The Balaban J connectivity index is 1.89. The summed E-state index contributed by atoms with van der Waals surface area (Å²) in [6, 6.07) is 9.36. The number of nitrogens with zero attached hydrogens (tertiary/aromatic N) is 4. The van der Waals surface area contributed by atoms with E-state index in [2.05, 4.69) is 15.0 Å². The van der Waals surface area contributed by atoms with E-state index in [1.807, 2.05) is 18.2 Å². The number of aromatic nitrogens is 4. The second-order valence-corrected chi connectivity index (χ2v) is 8.14. The summed E-state index contributed by atoms with van der Waals surface area (Å²) < 4.78 is 19.9. The Morgan fingerprint density at radius 1 is 1.27 bits per heavy atom. The number of pyridine rings is 1. The average Bonchev–Trinajstić information content (AvgIpc) is 3.24. The molecule has 4 rings (SSSR count). The summed E-state index contributed by atoms with van der Waals surface area (Å²) in [6.07, 6.45) is 3.27. The minimum absolute atomic E-state index is 0.188. The second kappa shape index (κ2) is 6.58. The molecule has 0 bridgehead atoms. The number of para-hydroxylation sites is 1. The molecular weight excluding hydrogens is 372 g/mol.